The number of carbonyl (C=O) groups is 1. The number of rotatable bonds is 12. The fraction of sp³-hybridized carbons (Fsp3) is 0.429. The zero-order valence-electron chi connectivity index (χ0n) is 23.5. The van der Waals surface area contributed by atoms with Crippen molar-refractivity contribution in [2.45, 2.75) is 59.2 Å². The van der Waals surface area contributed by atoms with Crippen LogP contribution in [0.25, 0.3) is 15.2 Å². The Labute approximate surface area is 239 Å². The smallest absolute Gasteiger partial charge is 0.332 e. The lowest BCUT2D eigenvalue weighted by atomic mass is 10.0. The number of halogens is 1. The van der Waals surface area contributed by atoms with Gasteiger partial charge in [0.05, 0.1) is 56.6 Å². The summed E-state index contributed by atoms with van der Waals surface area (Å²) in [6, 6.07) is 4.93. The molecule has 0 aliphatic rings. The van der Waals surface area contributed by atoms with Crippen molar-refractivity contribution in [1.82, 2.24) is 24.1 Å². The summed E-state index contributed by atoms with van der Waals surface area (Å²) in [5.41, 5.74) is -0.433. The zero-order chi connectivity index (χ0) is 29.8. The summed E-state index contributed by atoms with van der Waals surface area (Å²) < 4.78 is 28.2. The number of hydrogen-bond donors (Lipinski definition) is 0. The number of aromatic nitrogens is 5. The molecule has 0 bridgehead atoms. The monoisotopic (exact) mass is 582 g/mol. The Kier molecular flexibility index (Phi) is 9.14. The molecule has 0 fully saturated rings. The van der Waals surface area contributed by atoms with Crippen molar-refractivity contribution in [2.75, 3.05) is 13.7 Å². The molecule has 216 valence electrons. The van der Waals surface area contributed by atoms with Gasteiger partial charge in [-0.1, -0.05) is 25.2 Å². The predicted molar refractivity (Wildman–Crippen MR) is 151 cm³/mol. The van der Waals surface area contributed by atoms with Gasteiger partial charge in [0, 0.05) is 17.5 Å². The summed E-state index contributed by atoms with van der Waals surface area (Å²) in [5, 5.41) is 18.2. The Hall–Kier alpha value is -4.15. The van der Waals surface area contributed by atoms with Crippen LogP contribution in [0.3, 0.4) is 0 Å². The molecule has 3 heterocycles. The van der Waals surface area contributed by atoms with Crippen molar-refractivity contribution in [3.63, 3.8) is 0 Å². The first-order valence-corrected chi connectivity index (χ1v) is 13.9. The second kappa shape index (κ2) is 12.6. The summed E-state index contributed by atoms with van der Waals surface area (Å²) in [6.45, 7) is 6.89. The molecule has 0 aliphatic carbocycles. The quantitative estimate of drug-likeness (QED) is 0.228. The van der Waals surface area contributed by atoms with Gasteiger partial charge in [0.2, 0.25) is 0 Å². The maximum Gasteiger partial charge on any atom is 0.332 e. The number of nitrogens with zero attached hydrogens (tertiary/aromatic N) is 6. The third-order valence-electron chi connectivity index (χ3n) is 6.70. The molecule has 1 unspecified atom stereocenters. The van der Waals surface area contributed by atoms with Gasteiger partial charge in [-0.2, -0.15) is 15.5 Å². The number of thiophene rings is 1. The van der Waals surface area contributed by atoms with E-state index in [2.05, 4.69) is 10.2 Å². The van der Waals surface area contributed by atoms with E-state index in [1.54, 1.807) is 6.92 Å². The second-order valence-electron chi connectivity index (χ2n) is 9.99. The summed E-state index contributed by atoms with van der Waals surface area (Å²) in [7, 11) is 1.43. The molecule has 0 N–H and O–H groups in total. The summed E-state index contributed by atoms with van der Waals surface area (Å²) in [6.07, 6.45) is 2.31. The van der Waals surface area contributed by atoms with E-state index in [1.807, 2.05) is 19.9 Å². The van der Waals surface area contributed by atoms with Crippen LogP contribution >= 0.6 is 11.3 Å². The number of Topliss-reactive ketones (excluding diaryl/α,β-unsaturated/α-hetero) is 1. The largest absolute Gasteiger partial charge is 0.496 e. The molecule has 41 heavy (non-hydrogen) atoms. The Morgan fingerprint density at radius 1 is 1.20 bits per heavy atom. The van der Waals surface area contributed by atoms with E-state index in [0.717, 1.165) is 15.9 Å². The minimum Gasteiger partial charge on any atom is -0.496 e. The lowest BCUT2D eigenvalue weighted by molar-refractivity contribution is -0.122. The lowest BCUT2D eigenvalue weighted by Crippen LogP contribution is -2.44. The summed E-state index contributed by atoms with van der Waals surface area (Å²) in [4.78, 5) is 42.7. The molecule has 13 heteroatoms. The molecule has 11 nitrogen and oxygen atoms in total. The van der Waals surface area contributed by atoms with Crippen LogP contribution in [-0.4, -0.2) is 43.6 Å². The van der Waals surface area contributed by atoms with E-state index in [4.69, 9.17) is 14.7 Å². The minimum absolute atomic E-state index is 0.00751. The normalized spacial score (nSPS) is 12.9. The van der Waals surface area contributed by atoms with E-state index in [0.29, 0.717) is 26.7 Å². The van der Waals surface area contributed by atoms with Crippen LogP contribution < -0.4 is 16.0 Å². The Morgan fingerprint density at radius 3 is 2.54 bits per heavy atom. The number of ether oxygens (including phenoxy) is 2. The van der Waals surface area contributed by atoms with Gasteiger partial charge in [-0.25, -0.2) is 13.8 Å². The van der Waals surface area contributed by atoms with E-state index in [9.17, 15) is 18.8 Å². The van der Waals surface area contributed by atoms with Gasteiger partial charge in [0.25, 0.3) is 5.56 Å². The fourth-order valence-corrected chi connectivity index (χ4v) is 5.91. The average molecular weight is 583 g/mol. The summed E-state index contributed by atoms with van der Waals surface area (Å²) in [5.74, 6) is -0.426. The molecular weight excluding hydrogens is 551 g/mol. The molecule has 0 saturated heterocycles. The second-order valence-corrected chi connectivity index (χ2v) is 11.0. The number of methoxy groups -OCH3 is 1. The van der Waals surface area contributed by atoms with Crippen molar-refractivity contribution in [3.8, 4) is 16.8 Å². The van der Waals surface area contributed by atoms with Crippen molar-refractivity contribution in [3.05, 3.63) is 68.4 Å². The van der Waals surface area contributed by atoms with Crippen LogP contribution in [0.15, 0.2) is 40.2 Å². The number of nitriles is 1. The SMILES string of the molecule is COc1ccc(F)cc1[C@H](Cn1c(=O)n(C(C)C(=O)CC(C)C)c(=O)c2c(C)c(-n3nccn3)sc21)OCCC#N. The molecule has 0 radical (unpaired) electrons. The highest BCUT2D eigenvalue weighted by atomic mass is 32.1. The Morgan fingerprint density at radius 2 is 1.90 bits per heavy atom. The topological polar surface area (TPSA) is 134 Å². The first-order valence-electron chi connectivity index (χ1n) is 13.1. The Balaban J connectivity index is 1.99. The number of aryl methyl sites for hydroxylation is 1. The van der Waals surface area contributed by atoms with Gasteiger partial charge < -0.3 is 9.47 Å². The number of ketones is 1. The number of fused-ring (bicyclic) bond motifs is 1. The van der Waals surface area contributed by atoms with E-state index < -0.39 is 29.2 Å². The van der Waals surface area contributed by atoms with Gasteiger partial charge >= 0.3 is 5.69 Å². The van der Waals surface area contributed by atoms with Crippen molar-refractivity contribution in [2.24, 2.45) is 5.92 Å². The maximum atomic E-state index is 14.4. The zero-order valence-corrected chi connectivity index (χ0v) is 24.3. The summed E-state index contributed by atoms with van der Waals surface area (Å²) >= 11 is 1.14. The average Bonchev–Trinajstić information content (AvgIpc) is 3.58. The predicted octanol–water partition coefficient (Wildman–Crippen LogP) is 4.11. The van der Waals surface area contributed by atoms with Gasteiger partial charge in [-0.05, 0) is 38.0 Å². The van der Waals surface area contributed by atoms with Gasteiger partial charge in [0.15, 0.2) is 5.78 Å². The molecule has 0 aliphatic heterocycles. The van der Waals surface area contributed by atoms with Gasteiger partial charge in [-0.15, -0.1) is 4.80 Å². The molecule has 0 amide bonds. The highest BCUT2D eigenvalue weighted by Crippen LogP contribution is 2.34. The third-order valence-corrected chi connectivity index (χ3v) is 7.98. The van der Waals surface area contributed by atoms with Crippen molar-refractivity contribution in [1.29, 1.82) is 5.26 Å². The first kappa shape index (κ1) is 29.8. The molecule has 3 aromatic heterocycles. The molecule has 2 atom stereocenters. The minimum atomic E-state index is -1.03. The van der Waals surface area contributed by atoms with Crippen LogP contribution in [0.5, 0.6) is 5.75 Å². The highest BCUT2D eigenvalue weighted by Gasteiger charge is 2.29. The van der Waals surface area contributed by atoms with Crippen LogP contribution in [-0.2, 0) is 16.1 Å². The standard InChI is InChI=1S/C28H31FN6O5S/c1-16(2)13-21(36)18(4)34-25(37)24-17(3)26(35-31-10-11-32-35)41-27(24)33(28(34)38)15-23(40-12-6-9-30)20-14-19(29)7-8-22(20)39-5/h7-8,10-11,14,16,18,23H,6,12-13,15H2,1-5H3/t18?,23-/m0/s1. The highest BCUT2D eigenvalue weighted by molar-refractivity contribution is 7.21. The fourth-order valence-electron chi connectivity index (χ4n) is 4.69. The molecule has 1 aromatic carbocycles. The Bertz CT molecular complexity index is 1720. The van der Waals surface area contributed by atoms with Crippen LogP contribution in [0, 0.1) is 30.0 Å². The van der Waals surface area contributed by atoms with Crippen LogP contribution in [0.2, 0.25) is 0 Å². The van der Waals surface area contributed by atoms with Crippen LogP contribution in [0.4, 0.5) is 4.39 Å². The van der Waals surface area contributed by atoms with Crippen molar-refractivity contribution < 1.29 is 18.7 Å². The molecule has 4 rings (SSSR count). The van der Waals surface area contributed by atoms with Crippen LogP contribution in [0.1, 0.15) is 56.9 Å². The number of carbonyl (C=O) groups excluding carboxylic acids is 1. The number of benzene rings is 1. The number of hydrogen-bond acceptors (Lipinski definition) is 9. The van der Waals surface area contributed by atoms with Gasteiger partial charge in [-0.3, -0.25) is 14.2 Å². The molecule has 0 spiro atoms. The first-order chi connectivity index (χ1) is 19.6. The third kappa shape index (κ3) is 5.98. The van der Waals surface area contributed by atoms with E-state index in [1.165, 1.54) is 54.0 Å². The van der Waals surface area contributed by atoms with Gasteiger partial charge in [0.1, 0.15) is 27.5 Å². The molecular formula is C28H31FN6O5S. The molecule has 0 saturated carbocycles. The lowest BCUT2D eigenvalue weighted by Gasteiger charge is -2.23. The van der Waals surface area contributed by atoms with Crippen molar-refractivity contribution >= 4 is 27.3 Å². The van der Waals surface area contributed by atoms with E-state index in [-0.39, 0.29) is 43.1 Å². The maximum absolute atomic E-state index is 14.4. The molecule has 4 aromatic rings. The van der Waals surface area contributed by atoms with E-state index >= 15 is 0 Å².